The van der Waals surface area contributed by atoms with Crippen LogP contribution < -0.4 is 9.80 Å². The summed E-state index contributed by atoms with van der Waals surface area (Å²) in [5, 5.41) is 14.7. The Hall–Kier alpha value is -8.98. The summed E-state index contributed by atoms with van der Waals surface area (Å²) in [6.07, 6.45) is 16.0. The van der Waals surface area contributed by atoms with Gasteiger partial charge in [-0.3, -0.25) is 0 Å². The lowest BCUT2D eigenvalue weighted by Crippen LogP contribution is -2.38. The zero-order valence-corrected chi connectivity index (χ0v) is 38.5. The molecule has 12 aromatic carbocycles. The van der Waals surface area contributed by atoms with Gasteiger partial charge in [0.2, 0.25) is 0 Å². The Morgan fingerprint density at radius 3 is 1.34 bits per heavy atom. The van der Waals surface area contributed by atoms with E-state index in [-0.39, 0.29) is 12.0 Å². The number of hydrogen-bond acceptors (Lipinski definition) is 2. The van der Waals surface area contributed by atoms with E-state index < -0.39 is 0 Å². The average Bonchev–Trinajstić information content (AvgIpc) is 3.43. The first-order valence-corrected chi connectivity index (χ1v) is 24.4. The number of fused-ring (bicyclic) bond motifs is 4. The van der Waals surface area contributed by atoms with Crippen LogP contribution >= 0.6 is 0 Å². The number of allylic oxidation sites excluding steroid dienone is 5. The minimum atomic E-state index is -0.00208. The maximum atomic E-state index is 2.66. The van der Waals surface area contributed by atoms with E-state index in [9.17, 15) is 0 Å². The second-order valence-electron chi connectivity index (χ2n) is 18.7. The van der Waals surface area contributed by atoms with Gasteiger partial charge in [-0.1, -0.05) is 237 Å². The van der Waals surface area contributed by atoms with Crippen LogP contribution in [-0.4, -0.2) is 6.04 Å². The first-order valence-electron chi connectivity index (χ1n) is 24.4. The minimum absolute atomic E-state index is 0.00208. The molecule has 0 N–H and O–H groups in total. The number of anilines is 5. The van der Waals surface area contributed by atoms with Gasteiger partial charge < -0.3 is 9.80 Å². The maximum Gasteiger partial charge on any atom is 0.0629 e. The Kier molecular flexibility index (Phi) is 9.38. The highest BCUT2D eigenvalue weighted by molar-refractivity contribution is 6.32. The molecule has 0 saturated heterocycles. The summed E-state index contributed by atoms with van der Waals surface area (Å²) < 4.78 is 0. The van der Waals surface area contributed by atoms with E-state index in [0.29, 0.717) is 0 Å². The van der Waals surface area contributed by atoms with Gasteiger partial charge in [-0.05, 0) is 85.1 Å². The molecule has 0 fully saturated rings. The summed E-state index contributed by atoms with van der Waals surface area (Å²) in [6.45, 7) is 0. The van der Waals surface area contributed by atoms with Crippen molar-refractivity contribution >= 4 is 93.1 Å². The average molecular weight is 891 g/mol. The van der Waals surface area contributed by atoms with Crippen LogP contribution in [0.4, 0.5) is 28.4 Å². The van der Waals surface area contributed by atoms with Gasteiger partial charge in [0.05, 0.1) is 28.8 Å². The lowest BCUT2D eigenvalue weighted by Gasteiger charge is -2.40. The van der Waals surface area contributed by atoms with Crippen molar-refractivity contribution in [2.24, 2.45) is 5.92 Å². The monoisotopic (exact) mass is 890 g/mol. The Bertz CT molecular complexity index is 4040. The highest BCUT2D eigenvalue weighted by Gasteiger charge is 2.33. The van der Waals surface area contributed by atoms with E-state index >= 15 is 0 Å². The van der Waals surface area contributed by atoms with Crippen LogP contribution in [0, 0.1) is 5.92 Å². The summed E-state index contributed by atoms with van der Waals surface area (Å²) in [5.74, 6) is 0.152. The van der Waals surface area contributed by atoms with Crippen LogP contribution in [0.1, 0.15) is 0 Å². The molecule has 0 aliphatic heterocycles. The van der Waals surface area contributed by atoms with Gasteiger partial charge in [-0.15, -0.1) is 0 Å². The van der Waals surface area contributed by atoms with Crippen molar-refractivity contribution in [2.45, 2.75) is 6.04 Å². The van der Waals surface area contributed by atoms with Crippen LogP contribution in [0.2, 0.25) is 0 Å². The SMILES string of the molecule is C1=CC2=CC=CC(N(c3cccc4ccccc34)c3cc(-c4ccccc4)c4ccc5c(N(c6cccc7ccccc67)c6cccc7ccccc67)cc(-c6ccccc6)c6ccc3c4c65)C2C=C1. The number of benzene rings is 12. The Morgan fingerprint density at radius 2 is 0.771 bits per heavy atom. The van der Waals surface area contributed by atoms with Crippen LogP contribution in [0.15, 0.2) is 273 Å². The molecule has 0 radical (unpaired) electrons. The molecule has 2 aliphatic rings. The normalized spacial score (nSPS) is 15.3. The molecule has 2 nitrogen and oxygen atoms in total. The zero-order chi connectivity index (χ0) is 46.1. The molecule has 12 aromatic rings. The second-order valence-corrected chi connectivity index (χ2v) is 18.7. The van der Waals surface area contributed by atoms with Crippen molar-refractivity contribution in [2.75, 3.05) is 9.80 Å². The van der Waals surface area contributed by atoms with Crippen molar-refractivity contribution < 1.29 is 0 Å². The minimum Gasteiger partial charge on any atom is -0.332 e. The van der Waals surface area contributed by atoms with E-state index in [1.165, 1.54) is 104 Å². The van der Waals surface area contributed by atoms with Crippen molar-refractivity contribution in [3.05, 3.63) is 273 Å². The van der Waals surface area contributed by atoms with Gasteiger partial charge in [-0.25, -0.2) is 0 Å². The summed E-state index contributed by atoms with van der Waals surface area (Å²) in [5.41, 5.74) is 11.9. The second kappa shape index (κ2) is 16.4. The standard InChI is InChI=1S/C68H46N2/c1-3-19-49(20-4-1)59-43-65(69(61-35-15-27-45-23-7-11-31-51(45)61)62-36-16-28-46-24-8-12-32-52(46)62)57-42-40-56-60(50-21-5-2-6-22-50)44-66(58-41-39-55(59)67(57)68(56)58)70(63-37-17-29-47-25-9-13-33-53(47)63)64-38-18-30-48-26-10-14-34-54(48)64/h1-44,51,61H. The molecular formula is C68H46N2. The largest absolute Gasteiger partial charge is 0.332 e. The van der Waals surface area contributed by atoms with E-state index in [0.717, 1.165) is 17.1 Å². The van der Waals surface area contributed by atoms with Crippen LogP contribution in [0.25, 0.3) is 86.9 Å². The van der Waals surface area contributed by atoms with Crippen molar-refractivity contribution in [1.29, 1.82) is 0 Å². The van der Waals surface area contributed by atoms with E-state index in [2.05, 4.69) is 277 Å². The fourth-order valence-electron chi connectivity index (χ4n) is 11.8. The zero-order valence-electron chi connectivity index (χ0n) is 38.5. The quantitative estimate of drug-likeness (QED) is 0.140. The predicted molar refractivity (Wildman–Crippen MR) is 300 cm³/mol. The van der Waals surface area contributed by atoms with Gasteiger partial charge in [0.1, 0.15) is 0 Å². The molecule has 2 aliphatic carbocycles. The maximum absolute atomic E-state index is 2.66. The first-order chi connectivity index (χ1) is 34.8. The van der Waals surface area contributed by atoms with E-state index in [4.69, 9.17) is 0 Å². The topological polar surface area (TPSA) is 6.48 Å². The predicted octanol–water partition coefficient (Wildman–Crippen LogP) is 18.6. The summed E-state index contributed by atoms with van der Waals surface area (Å²) in [6, 6.07) is 83.4. The van der Waals surface area contributed by atoms with Crippen molar-refractivity contribution in [3.63, 3.8) is 0 Å². The van der Waals surface area contributed by atoms with E-state index in [1.54, 1.807) is 0 Å². The fraction of sp³-hybridized carbons (Fsp3) is 0.0294. The third-order valence-corrected chi connectivity index (χ3v) is 14.9. The molecule has 2 unspecified atom stereocenters. The third kappa shape index (κ3) is 6.34. The number of nitrogens with zero attached hydrogens (tertiary/aromatic N) is 2. The molecule has 70 heavy (non-hydrogen) atoms. The highest BCUT2D eigenvalue weighted by atomic mass is 15.2. The summed E-state index contributed by atoms with van der Waals surface area (Å²) in [4.78, 5) is 5.21. The highest BCUT2D eigenvalue weighted by Crippen LogP contribution is 2.53. The molecule has 0 bridgehead atoms. The molecule has 0 spiro atoms. The van der Waals surface area contributed by atoms with Gasteiger partial charge in [-0.2, -0.15) is 0 Å². The van der Waals surface area contributed by atoms with Gasteiger partial charge in [0, 0.05) is 49.3 Å². The molecule has 0 heterocycles. The summed E-state index contributed by atoms with van der Waals surface area (Å²) >= 11 is 0. The molecule has 2 heteroatoms. The first kappa shape index (κ1) is 40.1. The smallest absolute Gasteiger partial charge is 0.0629 e. The van der Waals surface area contributed by atoms with Crippen molar-refractivity contribution in [3.8, 4) is 22.3 Å². The molecule has 0 aromatic heterocycles. The molecule has 0 amide bonds. The third-order valence-electron chi connectivity index (χ3n) is 14.9. The lowest BCUT2D eigenvalue weighted by molar-refractivity contribution is 0.642. The fourth-order valence-corrected chi connectivity index (χ4v) is 11.8. The van der Waals surface area contributed by atoms with Gasteiger partial charge >= 0.3 is 0 Å². The number of hydrogen-bond donors (Lipinski definition) is 0. The van der Waals surface area contributed by atoms with Crippen LogP contribution in [0.3, 0.4) is 0 Å². The Labute approximate surface area is 407 Å². The van der Waals surface area contributed by atoms with Crippen molar-refractivity contribution in [1.82, 2.24) is 0 Å². The molecule has 2 atom stereocenters. The lowest BCUT2D eigenvalue weighted by atomic mass is 9.81. The van der Waals surface area contributed by atoms with Crippen LogP contribution in [0.5, 0.6) is 0 Å². The van der Waals surface area contributed by atoms with E-state index in [1.807, 2.05) is 0 Å². The molecular weight excluding hydrogens is 845 g/mol. The molecule has 14 rings (SSSR count). The Morgan fingerprint density at radius 1 is 0.314 bits per heavy atom. The molecule has 0 saturated carbocycles. The van der Waals surface area contributed by atoms with Gasteiger partial charge in [0.15, 0.2) is 0 Å². The number of rotatable bonds is 8. The summed E-state index contributed by atoms with van der Waals surface area (Å²) in [7, 11) is 0. The van der Waals surface area contributed by atoms with Crippen LogP contribution in [-0.2, 0) is 0 Å². The van der Waals surface area contributed by atoms with Gasteiger partial charge in [0.25, 0.3) is 0 Å². The Balaban J connectivity index is 1.15. The molecule has 328 valence electrons.